The van der Waals surface area contributed by atoms with E-state index in [1.165, 1.54) is 18.9 Å². The zero-order chi connectivity index (χ0) is 13.8. The molecule has 1 saturated carbocycles. The van der Waals surface area contributed by atoms with Crippen LogP contribution in [0.5, 0.6) is 0 Å². The minimum absolute atomic E-state index is 0.228. The van der Waals surface area contributed by atoms with Crippen molar-refractivity contribution in [3.8, 4) is 0 Å². The molecule has 1 atom stereocenters. The molecule has 0 aromatic heterocycles. The molecule has 1 fully saturated rings. The van der Waals surface area contributed by atoms with Crippen molar-refractivity contribution in [2.24, 2.45) is 5.92 Å². The van der Waals surface area contributed by atoms with Crippen LogP contribution in [0.4, 0.5) is 10.1 Å². The molecule has 1 unspecified atom stereocenters. The monoisotopic (exact) mass is 265 g/mol. The highest BCUT2D eigenvalue weighted by molar-refractivity contribution is 5.85. The first-order valence-corrected chi connectivity index (χ1v) is 6.68. The van der Waals surface area contributed by atoms with Crippen LogP contribution in [0.15, 0.2) is 18.2 Å². The highest BCUT2D eigenvalue weighted by Crippen LogP contribution is 2.38. The number of benzene rings is 1. The predicted octanol–water partition coefficient (Wildman–Crippen LogP) is 2.89. The minimum atomic E-state index is -0.340. The summed E-state index contributed by atoms with van der Waals surface area (Å²) in [7, 11) is 1.63. The fourth-order valence-corrected chi connectivity index (χ4v) is 2.47. The van der Waals surface area contributed by atoms with Crippen molar-refractivity contribution in [3.63, 3.8) is 0 Å². The number of rotatable bonds is 7. The molecule has 0 spiro atoms. The van der Waals surface area contributed by atoms with E-state index in [0.29, 0.717) is 30.3 Å². The molecule has 1 aliphatic rings. The Labute approximate surface area is 113 Å². The molecule has 0 saturated heterocycles. The van der Waals surface area contributed by atoms with Crippen LogP contribution in [-0.2, 0) is 4.74 Å². The summed E-state index contributed by atoms with van der Waals surface area (Å²) in [5.41, 5.74) is 0.817. The first-order chi connectivity index (χ1) is 9.19. The van der Waals surface area contributed by atoms with Gasteiger partial charge < -0.3 is 9.64 Å². The molecule has 3 nitrogen and oxygen atoms in total. The summed E-state index contributed by atoms with van der Waals surface area (Å²) >= 11 is 0. The van der Waals surface area contributed by atoms with Crippen LogP contribution in [0.3, 0.4) is 0 Å². The highest BCUT2D eigenvalue weighted by Gasteiger charge is 2.33. The summed E-state index contributed by atoms with van der Waals surface area (Å²) in [6.45, 7) is 3.20. The Morgan fingerprint density at radius 2 is 2.26 bits per heavy atom. The summed E-state index contributed by atoms with van der Waals surface area (Å²) in [6, 6.07) is 4.86. The van der Waals surface area contributed by atoms with Gasteiger partial charge in [0.15, 0.2) is 6.29 Å². The summed E-state index contributed by atoms with van der Waals surface area (Å²) in [4.78, 5) is 13.1. The summed E-state index contributed by atoms with van der Waals surface area (Å²) in [5.74, 6) is 0.254. The predicted molar refractivity (Wildman–Crippen MR) is 73.2 cm³/mol. The van der Waals surface area contributed by atoms with Crippen molar-refractivity contribution in [3.05, 3.63) is 29.6 Å². The molecule has 0 amide bonds. The van der Waals surface area contributed by atoms with Gasteiger partial charge in [-0.05, 0) is 37.8 Å². The molecule has 0 radical (unpaired) electrons. The van der Waals surface area contributed by atoms with E-state index in [9.17, 15) is 9.18 Å². The number of hydrogen-bond donors (Lipinski definition) is 0. The lowest BCUT2D eigenvalue weighted by molar-refractivity contribution is 0.112. The van der Waals surface area contributed by atoms with Gasteiger partial charge in [-0.25, -0.2) is 4.39 Å². The second-order valence-electron chi connectivity index (χ2n) is 5.06. The van der Waals surface area contributed by atoms with E-state index in [0.717, 1.165) is 6.29 Å². The standard InChI is InChI=1S/C15H20FNO2/c1-11(12-6-7-12)17(8-9-19-2)15-13(10-18)4-3-5-14(15)16/h3-5,10-12H,6-9H2,1-2H3. The molecule has 104 valence electrons. The second-order valence-corrected chi connectivity index (χ2v) is 5.06. The normalized spacial score (nSPS) is 16.2. The zero-order valence-electron chi connectivity index (χ0n) is 11.4. The molecule has 1 aromatic carbocycles. The summed E-state index contributed by atoms with van der Waals surface area (Å²) in [6.07, 6.45) is 3.07. The average molecular weight is 265 g/mol. The van der Waals surface area contributed by atoms with Crippen LogP contribution in [-0.4, -0.2) is 32.6 Å². The first kappa shape index (κ1) is 14.0. The Kier molecular flexibility index (Phi) is 4.53. The molecule has 0 aliphatic heterocycles. The van der Waals surface area contributed by atoms with Crippen molar-refractivity contribution in [2.45, 2.75) is 25.8 Å². The summed E-state index contributed by atoms with van der Waals surface area (Å²) < 4.78 is 19.2. The van der Waals surface area contributed by atoms with Crippen LogP contribution < -0.4 is 4.90 Å². The third-order valence-electron chi connectivity index (χ3n) is 3.76. The molecule has 4 heteroatoms. The molecule has 19 heavy (non-hydrogen) atoms. The number of anilines is 1. The minimum Gasteiger partial charge on any atom is -0.383 e. The molecular formula is C15H20FNO2. The van der Waals surface area contributed by atoms with E-state index >= 15 is 0 Å². The number of aldehydes is 1. The topological polar surface area (TPSA) is 29.5 Å². The van der Waals surface area contributed by atoms with Gasteiger partial charge in [0.2, 0.25) is 0 Å². The molecule has 2 rings (SSSR count). The lowest BCUT2D eigenvalue weighted by Gasteiger charge is -2.32. The van der Waals surface area contributed by atoms with Crippen molar-refractivity contribution in [1.29, 1.82) is 0 Å². The fraction of sp³-hybridized carbons (Fsp3) is 0.533. The van der Waals surface area contributed by atoms with Gasteiger partial charge in [-0.1, -0.05) is 6.07 Å². The van der Waals surface area contributed by atoms with Gasteiger partial charge in [-0.3, -0.25) is 4.79 Å². The maximum absolute atomic E-state index is 14.1. The Morgan fingerprint density at radius 1 is 1.53 bits per heavy atom. The van der Waals surface area contributed by atoms with Gasteiger partial charge in [0.1, 0.15) is 5.82 Å². The lowest BCUT2D eigenvalue weighted by Crippen LogP contribution is -2.38. The number of methoxy groups -OCH3 is 1. The van der Waals surface area contributed by atoms with Gasteiger partial charge in [-0.15, -0.1) is 0 Å². The smallest absolute Gasteiger partial charge is 0.152 e. The zero-order valence-corrected chi connectivity index (χ0v) is 11.4. The van der Waals surface area contributed by atoms with E-state index in [2.05, 4.69) is 6.92 Å². The van der Waals surface area contributed by atoms with E-state index in [1.54, 1.807) is 19.2 Å². The van der Waals surface area contributed by atoms with E-state index in [4.69, 9.17) is 4.74 Å². The quantitative estimate of drug-likeness (QED) is 0.710. The van der Waals surface area contributed by atoms with Gasteiger partial charge in [0.05, 0.1) is 12.3 Å². The first-order valence-electron chi connectivity index (χ1n) is 6.68. The maximum Gasteiger partial charge on any atom is 0.152 e. The van der Waals surface area contributed by atoms with E-state index < -0.39 is 0 Å². The molecule has 1 aliphatic carbocycles. The number of ether oxygens (including phenoxy) is 1. The third kappa shape index (κ3) is 3.13. The van der Waals surface area contributed by atoms with Crippen molar-refractivity contribution < 1.29 is 13.9 Å². The molecule has 0 heterocycles. The van der Waals surface area contributed by atoms with Gasteiger partial charge in [-0.2, -0.15) is 0 Å². The number of carbonyl (C=O) groups is 1. The molecular weight excluding hydrogens is 245 g/mol. The van der Waals surface area contributed by atoms with Gasteiger partial charge >= 0.3 is 0 Å². The van der Waals surface area contributed by atoms with Crippen LogP contribution in [0.1, 0.15) is 30.1 Å². The number of carbonyl (C=O) groups excluding carboxylic acids is 1. The fourth-order valence-electron chi connectivity index (χ4n) is 2.47. The maximum atomic E-state index is 14.1. The average Bonchev–Trinajstić information content (AvgIpc) is 3.24. The summed E-state index contributed by atoms with van der Waals surface area (Å²) in [5, 5.41) is 0. The molecule has 1 aromatic rings. The van der Waals surface area contributed by atoms with Crippen molar-refractivity contribution in [2.75, 3.05) is 25.2 Å². The van der Waals surface area contributed by atoms with Gasteiger partial charge in [0, 0.05) is 25.3 Å². The van der Waals surface area contributed by atoms with Crippen molar-refractivity contribution in [1.82, 2.24) is 0 Å². The van der Waals surface area contributed by atoms with E-state index in [1.807, 2.05) is 4.90 Å². The van der Waals surface area contributed by atoms with Crippen LogP contribution >= 0.6 is 0 Å². The Bertz CT molecular complexity index is 446. The number of hydrogen-bond acceptors (Lipinski definition) is 3. The Balaban J connectivity index is 2.33. The molecule has 0 bridgehead atoms. The number of halogens is 1. The highest BCUT2D eigenvalue weighted by atomic mass is 19.1. The Morgan fingerprint density at radius 3 is 2.84 bits per heavy atom. The van der Waals surface area contributed by atoms with E-state index in [-0.39, 0.29) is 11.9 Å². The largest absolute Gasteiger partial charge is 0.383 e. The molecule has 0 N–H and O–H groups in total. The van der Waals surface area contributed by atoms with Crippen LogP contribution in [0.2, 0.25) is 0 Å². The third-order valence-corrected chi connectivity index (χ3v) is 3.76. The van der Waals surface area contributed by atoms with Crippen molar-refractivity contribution >= 4 is 12.0 Å². The van der Waals surface area contributed by atoms with Crippen LogP contribution in [0.25, 0.3) is 0 Å². The van der Waals surface area contributed by atoms with Gasteiger partial charge in [0.25, 0.3) is 0 Å². The SMILES string of the molecule is COCCN(c1c(F)cccc1C=O)C(C)C1CC1. The Hall–Kier alpha value is -1.42. The second kappa shape index (κ2) is 6.15. The number of nitrogens with zero attached hydrogens (tertiary/aromatic N) is 1. The van der Waals surface area contributed by atoms with Crippen LogP contribution in [0, 0.1) is 11.7 Å². The lowest BCUT2D eigenvalue weighted by atomic mass is 10.1. The number of para-hydroxylation sites is 1.